The minimum Gasteiger partial charge on any atom is -0.327 e. The van der Waals surface area contributed by atoms with Gasteiger partial charge in [0.2, 0.25) is 5.91 Å². The van der Waals surface area contributed by atoms with E-state index in [0.717, 1.165) is 0 Å². The van der Waals surface area contributed by atoms with Crippen molar-refractivity contribution in [3.8, 4) is 0 Å². The molecule has 1 unspecified atom stereocenters. The van der Waals surface area contributed by atoms with E-state index in [0.29, 0.717) is 17.8 Å². The average molecular weight is 348 g/mol. The number of aromatic nitrogens is 1. The predicted octanol–water partition coefficient (Wildman–Crippen LogP) is 2.45. The summed E-state index contributed by atoms with van der Waals surface area (Å²) in [6.07, 6.45) is -4.10. The van der Waals surface area contributed by atoms with E-state index in [1.54, 1.807) is 30.3 Å². The minimum absolute atomic E-state index is 0. The van der Waals surface area contributed by atoms with Crippen LogP contribution in [0.5, 0.6) is 0 Å². The van der Waals surface area contributed by atoms with Crippen LogP contribution in [0, 0.1) is 0 Å². The van der Waals surface area contributed by atoms with Crippen molar-refractivity contribution in [3.05, 3.63) is 64.1 Å². The van der Waals surface area contributed by atoms with Gasteiger partial charge < -0.3 is 16.0 Å². The fourth-order valence-electron chi connectivity index (χ4n) is 1.76. The number of carbonyl (C=O) groups excluding carboxylic acids is 1. The zero-order valence-corrected chi connectivity index (χ0v) is 12.4. The Morgan fingerprint density at radius 2 is 1.83 bits per heavy atom. The molecule has 2 aromatic rings. The molecule has 0 saturated heterocycles. The first kappa shape index (κ1) is 18.7. The van der Waals surface area contributed by atoms with Crippen molar-refractivity contribution >= 4 is 24.0 Å². The van der Waals surface area contributed by atoms with Crippen LogP contribution in [-0.4, -0.2) is 10.9 Å². The molecule has 4 N–H and O–H groups in total. The van der Waals surface area contributed by atoms with Crippen LogP contribution < -0.4 is 16.6 Å². The highest BCUT2D eigenvalue weighted by Gasteiger charge is 2.31. The standard InChI is InChI=1S/C14H12F3N3O2.ClH/c15-14(16,17)9-6-10(12(21)19-7-9)20-13(22)11(18)8-4-2-1-3-5-8;/h1-7,11H,18H2,(H,19,21)(H,20,22);1H. The summed E-state index contributed by atoms with van der Waals surface area (Å²) in [5, 5.41) is 2.11. The highest BCUT2D eigenvalue weighted by molar-refractivity contribution is 5.95. The van der Waals surface area contributed by atoms with Gasteiger partial charge in [-0.1, -0.05) is 30.3 Å². The molecule has 0 aliphatic heterocycles. The second-order valence-electron chi connectivity index (χ2n) is 4.51. The number of aromatic amines is 1. The van der Waals surface area contributed by atoms with Gasteiger partial charge >= 0.3 is 6.18 Å². The van der Waals surface area contributed by atoms with Crippen LogP contribution in [0.4, 0.5) is 18.9 Å². The van der Waals surface area contributed by atoms with Gasteiger partial charge in [0.25, 0.3) is 5.56 Å². The molecule has 9 heteroatoms. The molecule has 0 aliphatic carbocycles. The van der Waals surface area contributed by atoms with E-state index in [4.69, 9.17) is 5.73 Å². The molecule has 0 saturated carbocycles. The normalized spacial score (nSPS) is 12.2. The molecule has 5 nitrogen and oxygen atoms in total. The number of hydrogen-bond acceptors (Lipinski definition) is 3. The fourth-order valence-corrected chi connectivity index (χ4v) is 1.76. The first-order valence-electron chi connectivity index (χ1n) is 6.20. The molecular formula is C14H13ClF3N3O2. The van der Waals surface area contributed by atoms with Crippen LogP contribution in [0.1, 0.15) is 17.2 Å². The van der Waals surface area contributed by atoms with E-state index < -0.39 is 34.9 Å². The molecule has 2 rings (SSSR count). The number of halogens is 4. The second-order valence-corrected chi connectivity index (χ2v) is 4.51. The lowest BCUT2D eigenvalue weighted by atomic mass is 10.1. The van der Waals surface area contributed by atoms with Crippen molar-refractivity contribution in [1.82, 2.24) is 4.98 Å². The maximum Gasteiger partial charge on any atom is 0.417 e. The monoisotopic (exact) mass is 347 g/mol. The fraction of sp³-hybridized carbons (Fsp3) is 0.143. The van der Waals surface area contributed by atoms with Crippen LogP contribution in [-0.2, 0) is 11.0 Å². The molecular weight excluding hydrogens is 335 g/mol. The summed E-state index contributed by atoms with van der Waals surface area (Å²) in [5.41, 5.74) is 3.76. The largest absolute Gasteiger partial charge is 0.417 e. The van der Waals surface area contributed by atoms with E-state index in [-0.39, 0.29) is 12.4 Å². The number of anilines is 1. The Morgan fingerprint density at radius 1 is 1.22 bits per heavy atom. The van der Waals surface area contributed by atoms with Gasteiger partial charge in [-0.25, -0.2) is 0 Å². The summed E-state index contributed by atoms with van der Waals surface area (Å²) in [4.78, 5) is 25.4. The van der Waals surface area contributed by atoms with E-state index in [9.17, 15) is 22.8 Å². The van der Waals surface area contributed by atoms with Crippen molar-refractivity contribution in [2.75, 3.05) is 5.32 Å². The van der Waals surface area contributed by atoms with Crippen LogP contribution in [0.2, 0.25) is 0 Å². The minimum atomic E-state index is -4.63. The van der Waals surface area contributed by atoms with E-state index in [2.05, 4.69) is 5.32 Å². The summed E-state index contributed by atoms with van der Waals surface area (Å²) in [6, 6.07) is 7.72. The third-order valence-electron chi connectivity index (χ3n) is 2.93. The number of nitrogens with one attached hydrogen (secondary N) is 2. The third kappa shape index (κ3) is 4.57. The van der Waals surface area contributed by atoms with Gasteiger partial charge in [0.05, 0.1) is 5.56 Å². The van der Waals surface area contributed by atoms with Gasteiger partial charge in [0.15, 0.2) is 0 Å². The van der Waals surface area contributed by atoms with E-state index in [1.165, 1.54) is 0 Å². The van der Waals surface area contributed by atoms with Crippen molar-refractivity contribution in [3.63, 3.8) is 0 Å². The quantitative estimate of drug-likeness (QED) is 0.797. The molecule has 1 aromatic heterocycles. The van der Waals surface area contributed by atoms with Gasteiger partial charge in [-0.05, 0) is 11.6 Å². The van der Waals surface area contributed by atoms with Gasteiger partial charge in [-0.2, -0.15) is 13.2 Å². The summed E-state index contributed by atoms with van der Waals surface area (Å²) in [5.74, 6) is -0.781. The van der Waals surface area contributed by atoms with Crippen molar-refractivity contribution < 1.29 is 18.0 Å². The molecule has 0 radical (unpaired) electrons. The zero-order valence-electron chi connectivity index (χ0n) is 11.6. The molecule has 23 heavy (non-hydrogen) atoms. The molecule has 1 heterocycles. The lowest BCUT2D eigenvalue weighted by molar-refractivity contribution is -0.137. The molecule has 1 amide bonds. The molecule has 0 aliphatic rings. The highest BCUT2D eigenvalue weighted by atomic mass is 35.5. The lowest BCUT2D eigenvalue weighted by Crippen LogP contribution is -2.30. The Kier molecular flexibility index (Phi) is 5.94. The van der Waals surface area contributed by atoms with Crippen molar-refractivity contribution in [2.24, 2.45) is 5.73 Å². The molecule has 124 valence electrons. The maximum absolute atomic E-state index is 12.6. The number of amides is 1. The van der Waals surface area contributed by atoms with Crippen LogP contribution in [0.3, 0.4) is 0 Å². The van der Waals surface area contributed by atoms with Gasteiger partial charge in [0.1, 0.15) is 11.7 Å². The Morgan fingerprint density at radius 3 is 2.39 bits per heavy atom. The van der Waals surface area contributed by atoms with Crippen molar-refractivity contribution in [2.45, 2.75) is 12.2 Å². The second kappa shape index (κ2) is 7.30. The Hall–Kier alpha value is -2.32. The topological polar surface area (TPSA) is 88.0 Å². The molecule has 0 bridgehead atoms. The van der Waals surface area contributed by atoms with Gasteiger partial charge in [0, 0.05) is 6.20 Å². The van der Waals surface area contributed by atoms with E-state index in [1.807, 2.05) is 4.98 Å². The smallest absolute Gasteiger partial charge is 0.327 e. The van der Waals surface area contributed by atoms with Gasteiger partial charge in [-0.3, -0.25) is 9.59 Å². The predicted molar refractivity (Wildman–Crippen MR) is 81.3 cm³/mol. The van der Waals surface area contributed by atoms with Crippen LogP contribution >= 0.6 is 12.4 Å². The SMILES string of the molecule is Cl.NC(C(=O)Nc1cc(C(F)(F)F)c[nH]c1=O)c1ccccc1. The summed E-state index contributed by atoms with van der Waals surface area (Å²) in [6.45, 7) is 0. The molecule has 0 spiro atoms. The van der Waals surface area contributed by atoms with Crippen molar-refractivity contribution in [1.29, 1.82) is 0 Å². The number of benzene rings is 1. The highest BCUT2D eigenvalue weighted by Crippen LogP contribution is 2.29. The number of nitrogens with two attached hydrogens (primary N) is 1. The van der Waals surface area contributed by atoms with Crippen LogP contribution in [0.15, 0.2) is 47.4 Å². The summed E-state index contributed by atoms with van der Waals surface area (Å²) in [7, 11) is 0. The third-order valence-corrected chi connectivity index (χ3v) is 2.93. The number of alkyl halides is 3. The Labute approximate surface area is 135 Å². The summed E-state index contributed by atoms with van der Waals surface area (Å²) < 4.78 is 37.8. The number of pyridine rings is 1. The number of H-pyrrole nitrogens is 1. The first-order valence-corrected chi connectivity index (χ1v) is 6.20. The lowest BCUT2D eigenvalue weighted by Gasteiger charge is -2.13. The van der Waals surface area contributed by atoms with Gasteiger partial charge in [-0.15, -0.1) is 12.4 Å². The number of carbonyl (C=O) groups is 1. The molecule has 0 fully saturated rings. The van der Waals surface area contributed by atoms with E-state index >= 15 is 0 Å². The molecule has 1 atom stereocenters. The summed E-state index contributed by atoms with van der Waals surface area (Å²) >= 11 is 0. The number of hydrogen-bond donors (Lipinski definition) is 3. The maximum atomic E-state index is 12.6. The van der Waals surface area contributed by atoms with Crippen LogP contribution in [0.25, 0.3) is 0 Å². The Balaban J connectivity index is 0.00000264. The number of rotatable bonds is 3. The Bertz CT molecular complexity index is 732. The zero-order chi connectivity index (χ0) is 16.3. The average Bonchev–Trinajstić information content (AvgIpc) is 2.48. The first-order chi connectivity index (χ1) is 10.3. The molecule has 1 aromatic carbocycles.